The smallest absolute Gasteiger partial charge is 0.126 e. The molecule has 0 bridgehead atoms. The van der Waals surface area contributed by atoms with Crippen molar-refractivity contribution in [3.63, 3.8) is 0 Å². The Bertz CT molecular complexity index is 595. The first-order valence-electron chi connectivity index (χ1n) is 6.90. The predicted octanol–water partition coefficient (Wildman–Crippen LogP) is 4.90. The number of halogens is 3. The van der Waals surface area contributed by atoms with Gasteiger partial charge in [0.05, 0.1) is 0 Å². The summed E-state index contributed by atoms with van der Waals surface area (Å²) in [5.41, 5.74) is 1.73. The Morgan fingerprint density at radius 3 is 2.33 bits per heavy atom. The van der Waals surface area contributed by atoms with Crippen LogP contribution in [0.2, 0.25) is 5.02 Å². The second-order valence-corrected chi connectivity index (χ2v) is 5.76. The maximum Gasteiger partial charge on any atom is 0.126 e. The van der Waals surface area contributed by atoms with Gasteiger partial charge in [0.15, 0.2) is 0 Å². The molecule has 0 amide bonds. The molecule has 112 valence electrons. The number of benzene rings is 2. The van der Waals surface area contributed by atoms with Gasteiger partial charge in [0.25, 0.3) is 0 Å². The molecule has 2 aromatic carbocycles. The van der Waals surface area contributed by atoms with Crippen LogP contribution in [-0.4, -0.2) is 6.04 Å². The van der Waals surface area contributed by atoms with E-state index in [9.17, 15) is 8.78 Å². The van der Waals surface area contributed by atoms with Crippen molar-refractivity contribution >= 4 is 11.6 Å². The van der Waals surface area contributed by atoms with Crippen LogP contribution in [0.15, 0.2) is 42.5 Å². The van der Waals surface area contributed by atoms with Crippen molar-refractivity contribution in [3.8, 4) is 0 Å². The molecule has 0 aromatic heterocycles. The van der Waals surface area contributed by atoms with Crippen LogP contribution < -0.4 is 5.32 Å². The molecule has 4 heteroatoms. The molecule has 1 N–H and O–H groups in total. The van der Waals surface area contributed by atoms with Gasteiger partial charge in [0, 0.05) is 23.2 Å². The van der Waals surface area contributed by atoms with Crippen LogP contribution in [0.1, 0.15) is 31.0 Å². The van der Waals surface area contributed by atoms with Crippen molar-refractivity contribution < 1.29 is 8.78 Å². The highest BCUT2D eigenvalue weighted by Crippen LogP contribution is 2.18. The summed E-state index contributed by atoms with van der Waals surface area (Å²) in [5.74, 6) is -1.11. The standard InChI is InChI=1S/C17H18ClF2N/c1-11(6-13-4-3-5-15(18)7-13)21-12(2)14-8-16(19)10-17(20)9-14/h3-5,7-12,21H,6H2,1-2H3. The van der Waals surface area contributed by atoms with Crippen LogP contribution in [0.3, 0.4) is 0 Å². The van der Waals surface area contributed by atoms with Crippen LogP contribution in [0.5, 0.6) is 0 Å². The molecule has 1 nitrogen and oxygen atoms in total. The fourth-order valence-corrected chi connectivity index (χ4v) is 2.64. The highest BCUT2D eigenvalue weighted by atomic mass is 35.5. The van der Waals surface area contributed by atoms with Crippen molar-refractivity contribution in [3.05, 3.63) is 70.2 Å². The largest absolute Gasteiger partial charge is 0.307 e. The van der Waals surface area contributed by atoms with Crippen LogP contribution in [0, 0.1) is 11.6 Å². The van der Waals surface area contributed by atoms with Gasteiger partial charge in [0.2, 0.25) is 0 Å². The Labute approximate surface area is 128 Å². The normalized spacial score (nSPS) is 14.0. The Balaban J connectivity index is 2.00. The van der Waals surface area contributed by atoms with Gasteiger partial charge in [-0.1, -0.05) is 23.7 Å². The lowest BCUT2D eigenvalue weighted by molar-refractivity contribution is 0.471. The molecule has 0 radical (unpaired) electrons. The van der Waals surface area contributed by atoms with Gasteiger partial charge in [-0.3, -0.25) is 0 Å². The third kappa shape index (κ3) is 4.80. The highest BCUT2D eigenvalue weighted by Gasteiger charge is 2.12. The monoisotopic (exact) mass is 309 g/mol. The summed E-state index contributed by atoms with van der Waals surface area (Å²) in [6, 6.07) is 11.3. The minimum Gasteiger partial charge on any atom is -0.307 e. The molecule has 0 saturated carbocycles. The molecular formula is C17H18ClF2N. The Hall–Kier alpha value is -1.45. The maximum atomic E-state index is 13.2. The van der Waals surface area contributed by atoms with E-state index in [1.807, 2.05) is 38.1 Å². The van der Waals surface area contributed by atoms with E-state index in [4.69, 9.17) is 11.6 Å². The number of hydrogen-bond donors (Lipinski definition) is 1. The fourth-order valence-electron chi connectivity index (χ4n) is 2.42. The zero-order valence-corrected chi connectivity index (χ0v) is 12.8. The minimum absolute atomic E-state index is 0.135. The van der Waals surface area contributed by atoms with E-state index in [1.54, 1.807) is 0 Å². The van der Waals surface area contributed by atoms with Gasteiger partial charge < -0.3 is 5.32 Å². The summed E-state index contributed by atoms with van der Waals surface area (Å²) in [5, 5.41) is 4.05. The molecule has 2 rings (SSSR count). The zero-order chi connectivity index (χ0) is 15.4. The lowest BCUT2D eigenvalue weighted by atomic mass is 10.0. The Kier molecular flexibility index (Phi) is 5.32. The van der Waals surface area contributed by atoms with Gasteiger partial charge in [-0.05, 0) is 55.7 Å². The number of rotatable bonds is 5. The Morgan fingerprint density at radius 1 is 1.05 bits per heavy atom. The summed E-state index contributed by atoms with van der Waals surface area (Å²) in [7, 11) is 0. The first-order chi connectivity index (χ1) is 9.94. The lowest BCUT2D eigenvalue weighted by Crippen LogP contribution is -2.30. The van der Waals surface area contributed by atoms with Crippen molar-refractivity contribution in [1.82, 2.24) is 5.32 Å². The van der Waals surface area contributed by atoms with Gasteiger partial charge >= 0.3 is 0 Å². The van der Waals surface area contributed by atoms with Crippen LogP contribution in [0.25, 0.3) is 0 Å². The molecule has 0 heterocycles. The van der Waals surface area contributed by atoms with E-state index in [0.29, 0.717) is 10.6 Å². The molecule has 0 aliphatic rings. The molecule has 0 aliphatic carbocycles. The second kappa shape index (κ2) is 7.01. The van der Waals surface area contributed by atoms with Crippen molar-refractivity contribution in [2.75, 3.05) is 0 Å². The quantitative estimate of drug-likeness (QED) is 0.828. The molecule has 2 unspecified atom stereocenters. The molecule has 0 fully saturated rings. The summed E-state index contributed by atoms with van der Waals surface area (Å²) in [6.45, 7) is 3.93. The van der Waals surface area contributed by atoms with Gasteiger partial charge in [-0.25, -0.2) is 8.78 Å². The van der Waals surface area contributed by atoms with Gasteiger partial charge in [-0.2, -0.15) is 0 Å². The van der Waals surface area contributed by atoms with E-state index in [0.717, 1.165) is 18.1 Å². The molecule has 2 aromatic rings. The van der Waals surface area contributed by atoms with Crippen molar-refractivity contribution in [2.24, 2.45) is 0 Å². The third-order valence-electron chi connectivity index (χ3n) is 3.35. The van der Waals surface area contributed by atoms with E-state index in [2.05, 4.69) is 5.32 Å². The summed E-state index contributed by atoms with van der Waals surface area (Å²) in [6.07, 6.45) is 0.794. The topological polar surface area (TPSA) is 12.0 Å². The summed E-state index contributed by atoms with van der Waals surface area (Å²) in [4.78, 5) is 0. The Morgan fingerprint density at radius 2 is 1.71 bits per heavy atom. The average molecular weight is 310 g/mol. The lowest BCUT2D eigenvalue weighted by Gasteiger charge is -2.20. The molecule has 0 spiro atoms. The molecule has 0 saturated heterocycles. The third-order valence-corrected chi connectivity index (χ3v) is 3.59. The molecule has 21 heavy (non-hydrogen) atoms. The average Bonchev–Trinajstić information content (AvgIpc) is 2.37. The zero-order valence-electron chi connectivity index (χ0n) is 12.0. The van der Waals surface area contributed by atoms with Crippen LogP contribution >= 0.6 is 11.6 Å². The maximum absolute atomic E-state index is 13.2. The second-order valence-electron chi connectivity index (χ2n) is 5.33. The van der Waals surface area contributed by atoms with E-state index in [1.165, 1.54) is 12.1 Å². The highest BCUT2D eigenvalue weighted by molar-refractivity contribution is 6.30. The summed E-state index contributed by atoms with van der Waals surface area (Å²) < 4.78 is 26.5. The molecular weight excluding hydrogens is 292 g/mol. The van der Waals surface area contributed by atoms with E-state index in [-0.39, 0.29) is 12.1 Å². The first kappa shape index (κ1) is 15.9. The first-order valence-corrected chi connectivity index (χ1v) is 7.28. The molecule has 2 atom stereocenters. The fraction of sp³-hybridized carbons (Fsp3) is 0.294. The van der Waals surface area contributed by atoms with Crippen molar-refractivity contribution in [2.45, 2.75) is 32.4 Å². The van der Waals surface area contributed by atoms with Crippen LogP contribution in [-0.2, 0) is 6.42 Å². The minimum atomic E-state index is -0.554. The number of hydrogen-bond acceptors (Lipinski definition) is 1. The van der Waals surface area contributed by atoms with E-state index < -0.39 is 11.6 Å². The van der Waals surface area contributed by atoms with Gasteiger partial charge in [0.1, 0.15) is 11.6 Å². The molecule has 0 aliphatic heterocycles. The summed E-state index contributed by atoms with van der Waals surface area (Å²) >= 11 is 5.96. The predicted molar refractivity (Wildman–Crippen MR) is 82.5 cm³/mol. The SMILES string of the molecule is CC(Cc1cccc(Cl)c1)NC(C)c1cc(F)cc(F)c1. The van der Waals surface area contributed by atoms with Crippen LogP contribution in [0.4, 0.5) is 8.78 Å². The van der Waals surface area contributed by atoms with Crippen molar-refractivity contribution in [1.29, 1.82) is 0 Å². The van der Waals surface area contributed by atoms with Gasteiger partial charge in [-0.15, -0.1) is 0 Å². The van der Waals surface area contributed by atoms with E-state index >= 15 is 0 Å². The number of nitrogens with one attached hydrogen (secondary N) is 1.